The first kappa shape index (κ1) is 15.3. The Bertz CT molecular complexity index is 418. The lowest BCUT2D eigenvalue weighted by atomic mass is 10.1. The molecule has 0 fully saturated rings. The van der Waals surface area contributed by atoms with Crippen LogP contribution in [0.15, 0.2) is 12.1 Å². The van der Waals surface area contributed by atoms with Gasteiger partial charge in [0.05, 0.1) is 27.9 Å². The molecule has 0 amide bonds. The normalized spacial score (nSPS) is 10.4. The number of likely N-dealkylation sites (N-methyl/N-ethyl adjacent to an activating group) is 1. The molecule has 0 bridgehead atoms. The van der Waals surface area contributed by atoms with E-state index in [9.17, 15) is 4.79 Å². The number of carbonyl (C=O) groups excluding carboxylic acids is 1. The molecule has 0 saturated heterocycles. The zero-order valence-electron chi connectivity index (χ0n) is 12.1. The van der Waals surface area contributed by atoms with Crippen LogP contribution in [0.25, 0.3) is 0 Å². The number of Topliss-reactive ketones (excluding diaryl/α,β-unsaturated/α-hetero) is 1. The molecule has 1 aromatic carbocycles. The monoisotopic (exact) mass is 267 g/mol. The van der Waals surface area contributed by atoms with Crippen LogP contribution in [-0.4, -0.2) is 52.7 Å². The van der Waals surface area contributed by atoms with E-state index in [0.717, 1.165) is 5.56 Å². The topological polar surface area (TPSA) is 48.0 Å². The number of ether oxygens (including phenoxy) is 3. The second kappa shape index (κ2) is 6.99. The molecule has 0 aromatic heterocycles. The molecular formula is C14H21NO4. The van der Waals surface area contributed by atoms with Gasteiger partial charge in [0.25, 0.3) is 0 Å². The lowest BCUT2D eigenvalue weighted by Crippen LogP contribution is -2.23. The summed E-state index contributed by atoms with van der Waals surface area (Å²) in [6, 6.07) is 3.60. The lowest BCUT2D eigenvalue weighted by Gasteiger charge is -2.14. The molecule has 0 heterocycles. The fraction of sp³-hybridized carbons (Fsp3) is 0.500. The van der Waals surface area contributed by atoms with Gasteiger partial charge in [0, 0.05) is 6.42 Å². The molecule has 0 aliphatic rings. The summed E-state index contributed by atoms with van der Waals surface area (Å²) in [7, 11) is 8.41. The van der Waals surface area contributed by atoms with Gasteiger partial charge in [-0.05, 0) is 31.8 Å². The number of nitrogens with zero attached hydrogens (tertiary/aromatic N) is 1. The molecular weight excluding hydrogens is 246 g/mol. The van der Waals surface area contributed by atoms with Crippen LogP contribution in [0.1, 0.15) is 5.56 Å². The Labute approximate surface area is 114 Å². The fourth-order valence-electron chi connectivity index (χ4n) is 1.87. The van der Waals surface area contributed by atoms with Gasteiger partial charge >= 0.3 is 0 Å². The molecule has 0 unspecified atom stereocenters. The molecule has 0 radical (unpaired) electrons. The molecule has 106 valence electrons. The summed E-state index contributed by atoms with van der Waals surface area (Å²) in [6.45, 7) is 0.413. The Morgan fingerprint density at radius 1 is 1.05 bits per heavy atom. The maximum Gasteiger partial charge on any atom is 0.203 e. The summed E-state index contributed by atoms with van der Waals surface area (Å²) >= 11 is 0. The SMILES string of the molecule is COc1cc(CC(=O)CN(C)C)cc(OC)c1OC. The van der Waals surface area contributed by atoms with Gasteiger partial charge in [-0.25, -0.2) is 0 Å². The molecule has 5 heteroatoms. The van der Waals surface area contributed by atoms with Crippen molar-refractivity contribution in [2.45, 2.75) is 6.42 Å². The Balaban J connectivity index is 2.99. The third-order valence-corrected chi connectivity index (χ3v) is 2.62. The van der Waals surface area contributed by atoms with Crippen LogP contribution in [0.5, 0.6) is 17.2 Å². The van der Waals surface area contributed by atoms with E-state index >= 15 is 0 Å². The van der Waals surface area contributed by atoms with Crippen molar-refractivity contribution in [3.63, 3.8) is 0 Å². The van der Waals surface area contributed by atoms with E-state index in [4.69, 9.17) is 14.2 Å². The molecule has 0 aliphatic carbocycles. The van der Waals surface area contributed by atoms with Gasteiger partial charge in [0.15, 0.2) is 17.3 Å². The van der Waals surface area contributed by atoms with E-state index in [1.165, 1.54) is 0 Å². The molecule has 0 N–H and O–H groups in total. The summed E-state index contributed by atoms with van der Waals surface area (Å²) in [5.41, 5.74) is 0.848. The van der Waals surface area contributed by atoms with Gasteiger partial charge in [0.1, 0.15) is 0 Å². The highest BCUT2D eigenvalue weighted by Gasteiger charge is 2.15. The van der Waals surface area contributed by atoms with Crippen molar-refractivity contribution in [2.75, 3.05) is 42.0 Å². The van der Waals surface area contributed by atoms with Gasteiger partial charge in [0.2, 0.25) is 5.75 Å². The first-order valence-electron chi connectivity index (χ1n) is 5.97. The number of hydrogen-bond donors (Lipinski definition) is 0. The number of methoxy groups -OCH3 is 3. The third kappa shape index (κ3) is 4.13. The van der Waals surface area contributed by atoms with Crippen molar-refractivity contribution in [1.29, 1.82) is 0 Å². The lowest BCUT2D eigenvalue weighted by molar-refractivity contribution is -0.119. The fourth-order valence-corrected chi connectivity index (χ4v) is 1.87. The van der Waals surface area contributed by atoms with Crippen LogP contribution in [0.2, 0.25) is 0 Å². The van der Waals surface area contributed by atoms with Crippen molar-refractivity contribution in [3.05, 3.63) is 17.7 Å². The van der Waals surface area contributed by atoms with E-state index in [-0.39, 0.29) is 5.78 Å². The average Bonchev–Trinajstić information content (AvgIpc) is 2.36. The van der Waals surface area contributed by atoms with Crippen molar-refractivity contribution in [3.8, 4) is 17.2 Å². The zero-order chi connectivity index (χ0) is 14.4. The third-order valence-electron chi connectivity index (χ3n) is 2.62. The summed E-state index contributed by atoms with van der Waals surface area (Å²) in [4.78, 5) is 13.7. The van der Waals surface area contributed by atoms with E-state index in [1.807, 2.05) is 19.0 Å². The maximum atomic E-state index is 11.8. The van der Waals surface area contributed by atoms with Gasteiger partial charge in [-0.3, -0.25) is 4.79 Å². The van der Waals surface area contributed by atoms with Gasteiger partial charge in [-0.2, -0.15) is 0 Å². The van der Waals surface area contributed by atoms with E-state index in [2.05, 4.69) is 0 Å². The van der Waals surface area contributed by atoms with Crippen molar-refractivity contribution < 1.29 is 19.0 Å². The first-order valence-corrected chi connectivity index (χ1v) is 5.97. The number of ketones is 1. The summed E-state index contributed by atoms with van der Waals surface area (Å²) in [6.07, 6.45) is 0.342. The van der Waals surface area contributed by atoms with Gasteiger partial charge in [-0.15, -0.1) is 0 Å². The highest BCUT2D eigenvalue weighted by atomic mass is 16.5. The predicted molar refractivity (Wildman–Crippen MR) is 73.4 cm³/mol. The van der Waals surface area contributed by atoms with Crippen molar-refractivity contribution >= 4 is 5.78 Å². The van der Waals surface area contributed by atoms with E-state index in [0.29, 0.717) is 30.2 Å². The second-order valence-corrected chi connectivity index (χ2v) is 4.49. The molecule has 19 heavy (non-hydrogen) atoms. The largest absolute Gasteiger partial charge is 0.493 e. The van der Waals surface area contributed by atoms with Crippen molar-refractivity contribution in [1.82, 2.24) is 4.90 Å². The average molecular weight is 267 g/mol. The van der Waals surface area contributed by atoms with Crippen molar-refractivity contribution in [2.24, 2.45) is 0 Å². The summed E-state index contributed by atoms with van der Waals surface area (Å²) in [5, 5.41) is 0. The Hall–Kier alpha value is -1.75. The molecule has 0 spiro atoms. The minimum absolute atomic E-state index is 0.138. The Morgan fingerprint density at radius 2 is 1.58 bits per heavy atom. The smallest absolute Gasteiger partial charge is 0.203 e. The first-order chi connectivity index (χ1) is 9.01. The number of carbonyl (C=O) groups is 1. The minimum atomic E-state index is 0.138. The highest BCUT2D eigenvalue weighted by Crippen LogP contribution is 2.38. The van der Waals surface area contributed by atoms with Crippen LogP contribution in [0.4, 0.5) is 0 Å². The second-order valence-electron chi connectivity index (χ2n) is 4.49. The number of rotatable bonds is 7. The number of benzene rings is 1. The molecule has 1 aromatic rings. The molecule has 1 rings (SSSR count). The van der Waals surface area contributed by atoms with E-state index in [1.54, 1.807) is 33.5 Å². The molecule has 5 nitrogen and oxygen atoms in total. The van der Waals surface area contributed by atoms with Crippen LogP contribution < -0.4 is 14.2 Å². The predicted octanol–water partition coefficient (Wildman–Crippen LogP) is 1.39. The van der Waals surface area contributed by atoms with Crippen LogP contribution >= 0.6 is 0 Å². The summed E-state index contributed by atoms with van der Waals surface area (Å²) in [5.74, 6) is 1.80. The Kier molecular flexibility index (Phi) is 5.63. The summed E-state index contributed by atoms with van der Waals surface area (Å²) < 4.78 is 15.8. The molecule has 0 saturated carbocycles. The Morgan fingerprint density at radius 3 is 1.95 bits per heavy atom. The zero-order valence-corrected chi connectivity index (χ0v) is 12.1. The van der Waals surface area contributed by atoms with Crippen LogP contribution in [-0.2, 0) is 11.2 Å². The standard InChI is InChI=1S/C14H21NO4/c1-15(2)9-11(16)6-10-7-12(17-3)14(19-5)13(8-10)18-4/h7-8H,6,9H2,1-5H3. The van der Waals surface area contributed by atoms with Crippen LogP contribution in [0.3, 0.4) is 0 Å². The van der Waals surface area contributed by atoms with Gasteiger partial charge < -0.3 is 19.1 Å². The highest BCUT2D eigenvalue weighted by molar-refractivity contribution is 5.83. The van der Waals surface area contributed by atoms with Crippen LogP contribution in [0, 0.1) is 0 Å². The molecule has 0 atom stereocenters. The maximum absolute atomic E-state index is 11.8. The number of hydrogen-bond acceptors (Lipinski definition) is 5. The van der Waals surface area contributed by atoms with Gasteiger partial charge in [-0.1, -0.05) is 0 Å². The van der Waals surface area contributed by atoms with E-state index < -0.39 is 0 Å². The minimum Gasteiger partial charge on any atom is -0.493 e. The molecule has 0 aliphatic heterocycles. The quantitative estimate of drug-likeness (QED) is 0.747.